The lowest BCUT2D eigenvalue weighted by Gasteiger charge is -2.10. The van der Waals surface area contributed by atoms with Crippen LogP contribution in [0.4, 0.5) is 24.5 Å². The van der Waals surface area contributed by atoms with Crippen molar-refractivity contribution in [2.45, 2.75) is 12.7 Å². The number of benzene rings is 1. The molecule has 1 heterocycles. The SMILES string of the molecule is O=[N+]([O-])c1cnccc1NCc1cccc(C(F)(F)F)c1. The predicted octanol–water partition coefficient (Wildman–Crippen LogP) is 3.62. The Balaban J connectivity index is 2.16. The molecule has 0 saturated carbocycles. The van der Waals surface area contributed by atoms with Crippen LogP contribution in [0.3, 0.4) is 0 Å². The van der Waals surface area contributed by atoms with Crippen molar-refractivity contribution in [2.75, 3.05) is 5.32 Å². The molecule has 0 spiro atoms. The van der Waals surface area contributed by atoms with E-state index in [1.54, 1.807) is 0 Å². The molecular weight excluding hydrogens is 287 g/mol. The first-order valence-corrected chi connectivity index (χ1v) is 5.86. The molecule has 0 unspecified atom stereocenters. The van der Waals surface area contributed by atoms with E-state index in [4.69, 9.17) is 0 Å². The fourth-order valence-corrected chi connectivity index (χ4v) is 1.74. The van der Waals surface area contributed by atoms with Crippen molar-refractivity contribution in [3.05, 3.63) is 64.0 Å². The summed E-state index contributed by atoms with van der Waals surface area (Å²) in [7, 11) is 0. The Hall–Kier alpha value is -2.64. The molecule has 5 nitrogen and oxygen atoms in total. The van der Waals surface area contributed by atoms with Crippen molar-refractivity contribution in [3.63, 3.8) is 0 Å². The van der Waals surface area contributed by atoms with Crippen molar-refractivity contribution >= 4 is 11.4 Å². The van der Waals surface area contributed by atoms with Crippen LogP contribution >= 0.6 is 0 Å². The number of nitrogens with one attached hydrogen (secondary N) is 1. The number of nitrogens with zero attached hydrogens (tertiary/aromatic N) is 2. The summed E-state index contributed by atoms with van der Waals surface area (Å²) in [5.74, 6) is 0. The molecule has 0 aliphatic heterocycles. The number of hydrogen-bond donors (Lipinski definition) is 1. The maximum atomic E-state index is 12.6. The zero-order valence-corrected chi connectivity index (χ0v) is 10.6. The lowest BCUT2D eigenvalue weighted by atomic mass is 10.1. The van der Waals surface area contributed by atoms with E-state index in [0.29, 0.717) is 5.56 Å². The molecule has 0 bridgehead atoms. The number of pyridine rings is 1. The van der Waals surface area contributed by atoms with Gasteiger partial charge in [-0.25, -0.2) is 0 Å². The maximum absolute atomic E-state index is 12.6. The van der Waals surface area contributed by atoms with Gasteiger partial charge in [-0.05, 0) is 23.8 Å². The molecule has 1 N–H and O–H groups in total. The predicted molar refractivity (Wildman–Crippen MR) is 69.7 cm³/mol. The first-order valence-electron chi connectivity index (χ1n) is 5.86. The monoisotopic (exact) mass is 297 g/mol. The number of anilines is 1. The summed E-state index contributed by atoms with van der Waals surface area (Å²) in [6.07, 6.45) is -1.98. The maximum Gasteiger partial charge on any atom is 0.416 e. The van der Waals surface area contributed by atoms with E-state index in [1.165, 1.54) is 24.4 Å². The lowest BCUT2D eigenvalue weighted by Crippen LogP contribution is -2.07. The number of rotatable bonds is 4. The summed E-state index contributed by atoms with van der Waals surface area (Å²) in [6.45, 7) is 0.0365. The Morgan fingerprint density at radius 1 is 1.29 bits per heavy atom. The first-order chi connectivity index (χ1) is 9.88. The highest BCUT2D eigenvalue weighted by Crippen LogP contribution is 2.30. The summed E-state index contributed by atoms with van der Waals surface area (Å²) >= 11 is 0. The van der Waals surface area contributed by atoms with Gasteiger partial charge < -0.3 is 5.32 Å². The standard InChI is InChI=1S/C13H10F3N3O2/c14-13(15,16)10-3-1-2-9(6-10)7-18-11-4-5-17-8-12(11)19(20)21/h1-6,8H,7H2,(H,17,18). The molecule has 0 amide bonds. The number of alkyl halides is 3. The first kappa shape index (κ1) is 14.8. The average molecular weight is 297 g/mol. The fraction of sp³-hybridized carbons (Fsp3) is 0.154. The van der Waals surface area contributed by atoms with E-state index in [2.05, 4.69) is 10.3 Å². The van der Waals surface area contributed by atoms with Gasteiger partial charge in [-0.15, -0.1) is 0 Å². The van der Waals surface area contributed by atoms with Crippen LogP contribution in [0.5, 0.6) is 0 Å². The zero-order valence-electron chi connectivity index (χ0n) is 10.6. The van der Waals surface area contributed by atoms with Crippen molar-refractivity contribution in [2.24, 2.45) is 0 Å². The van der Waals surface area contributed by atoms with Crippen LogP contribution in [0.1, 0.15) is 11.1 Å². The Morgan fingerprint density at radius 2 is 2.05 bits per heavy atom. The van der Waals surface area contributed by atoms with Crippen LogP contribution in [0, 0.1) is 10.1 Å². The fourth-order valence-electron chi connectivity index (χ4n) is 1.74. The van der Waals surface area contributed by atoms with Crippen LogP contribution in [0.15, 0.2) is 42.7 Å². The zero-order chi connectivity index (χ0) is 15.5. The number of aromatic nitrogens is 1. The molecule has 21 heavy (non-hydrogen) atoms. The topological polar surface area (TPSA) is 68.1 Å². The molecule has 1 aromatic heterocycles. The van der Waals surface area contributed by atoms with Crippen molar-refractivity contribution in [1.29, 1.82) is 0 Å². The van der Waals surface area contributed by atoms with Crippen molar-refractivity contribution in [1.82, 2.24) is 4.98 Å². The Morgan fingerprint density at radius 3 is 2.71 bits per heavy atom. The largest absolute Gasteiger partial charge is 0.416 e. The van der Waals surface area contributed by atoms with E-state index < -0.39 is 16.7 Å². The molecule has 0 fully saturated rings. The molecule has 2 rings (SSSR count). The van der Waals surface area contributed by atoms with Crippen molar-refractivity contribution in [3.8, 4) is 0 Å². The van der Waals surface area contributed by atoms with Crippen LogP contribution in [0.2, 0.25) is 0 Å². The highest BCUT2D eigenvalue weighted by atomic mass is 19.4. The average Bonchev–Trinajstić information content (AvgIpc) is 2.45. The molecule has 0 atom stereocenters. The number of nitro groups is 1. The van der Waals surface area contributed by atoms with Crippen LogP contribution in [-0.2, 0) is 12.7 Å². The third-order valence-electron chi connectivity index (χ3n) is 2.73. The Labute approximate surface area is 117 Å². The molecule has 0 aliphatic carbocycles. The van der Waals surface area contributed by atoms with Crippen molar-refractivity contribution < 1.29 is 18.1 Å². The van der Waals surface area contributed by atoms with E-state index in [-0.39, 0.29) is 17.9 Å². The highest BCUT2D eigenvalue weighted by Gasteiger charge is 2.30. The Bertz CT molecular complexity index is 659. The summed E-state index contributed by atoms with van der Waals surface area (Å²) in [4.78, 5) is 13.8. The van der Waals surface area contributed by atoms with Gasteiger partial charge in [0.25, 0.3) is 0 Å². The summed E-state index contributed by atoms with van der Waals surface area (Å²) in [6, 6.07) is 6.17. The van der Waals surface area contributed by atoms with Gasteiger partial charge in [0.15, 0.2) is 0 Å². The van der Waals surface area contributed by atoms with Gasteiger partial charge in [0.1, 0.15) is 11.9 Å². The quantitative estimate of drug-likeness (QED) is 0.691. The lowest BCUT2D eigenvalue weighted by molar-refractivity contribution is -0.384. The third-order valence-corrected chi connectivity index (χ3v) is 2.73. The minimum absolute atomic E-state index is 0.0365. The van der Waals surface area contributed by atoms with E-state index >= 15 is 0 Å². The third kappa shape index (κ3) is 3.68. The van der Waals surface area contributed by atoms with Gasteiger partial charge in [0.05, 0.1) is 10.5 Å². The summed E-state index contributed by atoms with van der Waals surface area (Å²) < 4.78 is 37.7. The smallest absolute Gasteiger partial charge is 0.375 e. The highest BCUT2D eigenvalue weighted by molar-refractivity contribution is 5.59. The second-order valence-electron chi connectivity index (χ2n) is 4.20. The molecule has 2 aromatic rings. The van der Waals surface area contributed by atoms with E-state index in [9.17, 15) is 23.3 Å². The van der Waals surface area contributed by atoms with Gasteiger partial charge >= 0.3 is 11.9 Å². The van der Waals surface area contributed by atoms with Crippen LogP contribution in [-0.4, -0.2) is 9.91 Å². The molecule has 0 aliphatic rings. The molecule has 0 saturated heterocycles. The second-order valence-corrected chi connectivity index (χ2v) is 4.20. The molecule has 8 heteroatoms. The summed E-state index contributed by atoms with van der Waals surface area (Å²) in [5.41, 5.74) is -0.418. The van der Waals surface area contributed by atoms with Gasteiger partial charge in [-0.2, -0.15) is 13.2 Å². The summed E-state index contributed by atoms with van der Waals surface area (Å²) in [5, 5.41) is 13.5. The Kier molecular flexibility index (Phi) is 4.06. The minimum Gasteiger partial charge on any atom is -0.375 e. The molecular formula is C13H10F3N3O2. The van der Waals surface area contributed by atoms with E-state index in [1.807, 2.05) is 0 Å². The number of hydrogen-bond acceptors (Lipinski definition) is 4. The van der Waals surface area contributed by atoms with Gasteiger partial charge in [0.2, 0.25) is 0 Å². The van der Waals surface area contributed by atoms with Gasteiger partial charge in [-0.3, -0.25) is 15.1 Å². The van der Waals surface area contributed by atoms with Gasteiger partial charge in [-0.1, -0.05) is 12.1 Å². The molecule has 110 valence electrons. The molecule has 0 radical (unpaired) electrons. The normalized spacial score (nSPS) is 11.2. The van der Waals surface area contributed by atoms with Crippen LogP contribution in [0.25, 0.3) is 0 Å². The van der Waals surface area contributed by atoms with Gasteiger partial charge in [0, 0.05) is 12.7 Å². The van der Waals surface area contributed by atoms with Crippen LogP contribution < -0.4 is 5.32 Å². The minimum atomic E-state index is -4.42. The van der Waals surface area contributed by atoms with E-state index in [0.717, 1.165) is 18.3 Å². The number of halogens is 3. The second kappa shape index (κ2) is 5.78. The molecule has 1 aromatic carbocycles.